The molecule has 1 aliphatic rings. The van der Waals surface area contributed by atoms with Gasteiger partial charge in [-0.15, -0.1) is 0 Å². The molecule has 18 heavy (non-hydrogen) atoms. The van der Waals surface area contributed by atoms with E-state index in [1.165, 1.54) is 44.9 Å². The molecular weight excluding hydrogens is 269 g/mol. The van der Waals surface area contributed by atoms with Gasteiger partial charge in [0, 0.05) is 6.54 Å². The van der Waals surface area contributed by atoms with Crippen LogP contribution in [0.15, 0.2) is 0 Å². The van der Waals surface area contributed by atoms with Crippen LogP contribution in [0.3, 0.4) is 0 Å². The molecule has 0 bridgehead atoms. The van der Waals surface area contributed by atoms with Gasteiger partial charge in [0.25, 0.3) is 5.91 Å². The van der Waals surface area contributed by atoms with Crippen LogP contribution in [0.25, 0.3) is 0 Å². The minimum Gasteiger partial charge on any atom is -0.353 e. The summed E-state index contributed by atoms with van der Waals surface area (Å²) in [4.78, 5) is 11.8. The molecule has 0 aromatic rings. The van der Waals surface area contributed by atoms with Gasteiger partial charge in [0.1, 0.15) is 0 Å². The van der Waals surface area contributed by atoms with Crippen LogP contribution in [-0.2, 0) is 4.79 Å². The summed E-state index contributed by atoms with van der Waals surface area (Å²) in [5.41, 5.74) is 0. The van der Waals surface area contributed by atoms with E-state index in [9.17, 15) is 4.79 Å². The highest BCUT2D eigenvalue weighted by molar-refractivity contribution is 6.58. The van der Waals surface area contributed by atoms with Gasteiger partial charge in [0.05, 0.1) is 0 Å². The predicted octanol–water partition coefficient (Wildman–Crippen LogP) is 4.58. The molecule has 1 aliphatic heterocycles. The van der Waals surface area contributed by atoms with Gasteiger partial charge < -0.3 is 5.32 Å². The monoisotopic (exact) mass is 293 g/mol. The SMILES string of the molecule is O=C1NCCCCCCCCCCCCC1(Cl)Cl. The van der Waals surface area contributed by atoms with Crippen LogP contribution in [0.4, 0.5) is 0 Å². The van der Waals surface area contributed by atoms with Crippen LogP contribution in [0.1, 0.15) is 70.6 Å². The van der Waals surface area contributed by atoms with Crippen LogP contribution in [-0.4, -0.2) is 16.8 Å². The molecule has 1 saturated heterocycles. The first-order chi connectivity index (χ1) is 8.63. The van der Waals surface area contributed by atoms with Crippen molar-refractivity contribution in [3.63, 3.8) is 0 Å². The summed E-state index contributed by atoms with van der Waals surface area (Å²) in [7, 11) is 0. The summed E-state index contributed by atoms with van der Waals surface area (Å²) < 4.78 is -1.24. The lowest BCUT2D eigenvalue weighted by Crippen LogP contribution is -2.38. The third-order valence-electron chi connectivity index (χ3n) is 3.54. The van der Waals surface area contributed by atoms with Gasteiger partial charge in [0.15, 0.2) is 4.33 Å². The van der Waals surface area contributed by atoms with E-state index in [4.69, 9.17) is 23.2 Å². The average molecular weight is 294 g/mol. The summed E-state index contributed by atoms with van der Waals surface area (Å²) in [6, 6.07) is 0. The van der Waals surface area contributed by atoms with Gasteiger partial charge in [-0.2, -0.15) is 0 Å². The second-order valence-electron chi connectivity index (χ2n) is 5.25. The summed E-state index contributed by atoms with van der Waals surface area (Å²) >= 11 is 12.2. The van der Waals surface area contributed by atoms with Gasteiger partial charge in [-0.25, -0.2) is 0 Å². The second kappa shape index (κ2) is 9.03. The Morgan fingerprint density at radius 2 is 1.22 bits per heavy atom. The molecule has 106 valence electrons. The van der Waals surface area contributed by atoms with Gasteiger partial charge >= 0.3 is 0 Å². The Balaban J connectivity index is 2.36. The highest BCUT2D eigenvalue weighted by Gasteiger charge is 2.32. The van der Waals surface area contributed by atoms with E-state index in [1.54, 1.807) is 0 Å². The lowest BCUT2D eigenvalue weighted by atomic mass is 10.1. The normalized spacial score (nSPS) is 24.7. The number of halogens is 2. The number of hydrogen-bond donors (Lipinski definition) is 1. The molecule has 0 aromatic heterocycles. The molecule has 1 amide bonds. The third kappa shape index (κ3) is 6.84. The number of carbonyl (C=O) groups excluding carboxylic acids is 1. The minimum absolute atomic E-state index is 0.222. The van der Waals surface area contributed by atoms with Crippen molar-refractivity contribution in [2.75, 3.05) is 6.54 Å². The van der Waals surface area contributed by atoms with E-state index in [0.717, 1.165) is 19.3 Å². The average Bonchev–Trinajstić information content (AvgIpc) is 2.34. The predicted molar refractivity (Wildman–Crippen MR) is 78.2 cm³/mol. The fraction of sp³-hybridized carbons (Fsp3) is 0.929. The molecule has 2 nitrogen and oxygen atoms in total. The zero-order valence-electron chi connectivity index (χ0n) is 11.1. The van der Waals surface area contributed by atoms with Crippen LogP contribution < -0.4 is 5.32 Å². The van der Waals surface area contributed by atoms with E-state index in [1.807, 2.05) is 0 Å². The van der Waals surface area contributed by atoms with Gasteiger partial charge in [-0.05, 0) is 19.3 Å². The van der Waals surface area contributed by atoms with Gasteiger partial charge in [-0.3, -0.25) is 4.79 Å². The standard InChI is InChI=1S/C14H25Cl2NO/c15-14(16)11-9-7-5-3-1-2-4-6-8-10-12-17-13(14)18/h1-12H2,(H,17,18). The van der Waals surface area contributed by atoms with Crippen LogP contribution in [0.5, 0.6) is 0 Å². The van der Waals surface area contributed by atoms with Crippen LogP contribution in [0.2, 0.25) is 0 Å². The first kappa shape index (κ1) is 16.1. The smallest absolute Gasteiger partial charge is 0.256 e. The molecule has 0 atom stereocenters. The molecule has 1 fully saturated rings. The van der Waals surface area contributed by atoms with Crippen molar-refractivity contribution < 1.29 is 4.79 Å². The summed E-state index contributed by atoms with van der Waals surface area (Å²) in [5, 5.41) is 2.84. The van der Waals surface area contributed by atoms with E-state index >= 15 is 0 Å². The molecular formula is C14H25Cl2NO. The zero-order valence-corrected chi connectivity index (χ0v) is 12.7. The molecule has 1 rings (SSSR count). The van der Waals surface area contributed by atoms with Crippen LogP contribution >= 0.6 is 23.2 Å². The molecule has 1 heterocycles. The van der Waals surface area contributed by atoms with E-state index in [-0.39, 0.29) is 5.91 Å². The van der Waals surface area contributed by atoms with Crippen molar-refractivity contribution in [1.82, 2.24) is 5.32 Å². The highest BCUT2D eigenvalue weighted by Crippen LogP contribution is 2.28. The number of nitrogens with one attached hydrogen (secondary N) is 1. The van der Waals surface area contributed by atoms with Crippen molar-refractivity contribution in [1.29, 1.82) is 0 Å². The largest absolute Gasteiger partial charge is 0.353 e. The fourth-order valence-corrected chi connectivity index (χ4v) is 2.73. The molecule has 0 radical (unpaired) electrons. The zero-order chi connectivity index (χ0) is 13.3. The Kier molecular flexibility index (Phi) is 8.08. The molecule has 0 aromatic carbocycles. The first-order valence-corrected chi connectivity index (χ1v) is 8.05. The van der Waals surface area contributed by atoms with E-state index in [0.29, 0.717) is 13.0 Å². The number of amides is 1. The topological polar surface area (TPSA) is 29.1 Å². The molecule has 1 N–H and O–H groups in total. The summed E-state index contributed by atoms with van der Waals surface area (Å²) in [6.07, 6.45) is 12.6. The van der Waals surface area contributed by atoms with Crippen molar-refractivity contribution in [2.24, 2.45) is 0 Å². The second-order valence-corrected chi connectivity index (χ2v) is 6.73. The third-order valence-corrected chi connectivity index (χ3v) is 4.26. The Morgan fingerprint density at radius 3 is 1.78 bits per heavy atom. The highest BCUT2D eigenvalue weighted by atomic mass is 35.5. The van der Waals surface area contributed by atoms with Crippen molar-refractivity contribution in [2.45, 2.75) is 75.0 Å². The summed E-state index contributed by atoms with van der Waals surface area (Å²) in [5.74, 6) is -0.222. The maximum absolute atomic E-state index is 11.8. The Bertz CT molecular complexity index is 244. The quantitative estimate of drug-likeness (QED) is 0.651. The molecule has 0 unspecified atom stereocenters. The molecule has 0 spiro atoms. The van der Waals surface area contributed by atoms with Crippen molar-refractivity contribution >= 4 is 29.1 Å². The van der Waals surface area contributed by atoms with E-state index < -0.39 is 4.33 Å². The minimum atomic E-state index is -1.24. The first-order valence-electron chi connectivity index (χ1n) is 7.29. The maximum Gasteiger partial charge on any atom is 0.256 e. The molecule has 0 saturated carbocycles. The Morgan fingerprint density at radius 1 is 0.778 bits per heavy atom. The maximum atomic E-state index is 11.8. The fourth-order valence-electron chi connectivity index (χ4n) is 2.33. The number of alkyl halides is 2. The molecule has 4 heteroatoms. The molecule has 0 aliphatic carbocycles. The van der Waals surface area contributed by atoms with E-state index in [2.05, 4.69) is 5.32 Å². The Labute approximate surface area is 121 Å². The number of carbonyl (C=O) groups is 1. The van der Waals surface area contributed by atoms with Crippen LogP contribution in [0, 0.1) is 0 Å². The van der Waals surface area contributed by atoms with Crippen molar-refractivity contribution in [3.8, 4) is 0 Å². The number of rotatable bonds is 0. The van der Waals surface area contributed by atoms with Gasteiger partial charge in [-0.1, -0.05) is 74.6 Å². The summed E-state index contributed by atoms with van der Waals surface area (Å²) in [6.45, 7) is 0.694. The lowest BCUT2D eigenvalue weighted by Gasteiger charge is -2.18. The van der Waals surface area contributed by atoms with Crippen molar-refractivity contribution in [3.05, 3.63) is 0 Å². The lowest BCUT2D eigenvalue weighted by molar-refractivity contribution is -0.121. The van der Waals surface area contributed by atoms with Gasteiger partial charge in [0.2, 0.25) is 0 Å². The Hall–Kier alpha value is 0.0500. The number of hydrogen-bond acceptors (Lipinski definition) is 1.